The molecule has 0 aliphatic heterocycles. The van der Waals surface area contributed by atoms with E-state index in [0.717, 1.165) is 18.7 Å². The molecule has 0 saturated heterocycles. The van der Waals surface area contributed by atoms with E-state index in [1.165, 1.54) is 0 Å². The molecule has 27 heavy (non-hydrogen) atoms. The molecule has 1 aromatic rings. The summed E-state index contributed by atoms with van der Waals surface area (Å²) in [7, 11) is 0. The lowest BCUT2D eigenvalue weighted by molar-refractivity contribution is -0.117. The van der Waals surface area contributed by atoms with Crippen LogP contribution < -0.4 is 16.0 Å². The van der Waals surface area contributed by atoms with Crippen LogP contribution >= 0.6 is 0 Å². The van der Waals surface area contributed by atoms with Crippen LogP contribution in [0.3, 0.4) is 0 Å². The second-order valence-electron chi connectivity index (χ2n) is 8.03. The number of alkyl carbamates (subject to hydrolysis) is 1. The lowest BCUT2D eigenvalue weighted by Gasteiger charge is -2.28. The number of amides is 2. The Morgan fingerprint density at radius 3 is 2.37 bits per heavy atom. The summed E-state index contributed by atoms with van der Waals surface area (Å²) in [6, 6.07) is 7.16. The lowest BCUT2D eigenvalue weighted by atomic mass is 10.0. The molecule has 148 valence electrons. The SMILES string of the molecule is CCCNc1ccc(C#N)cc1NC(=O)CC(C)(C)NC(=O)OC(C)(C)C. The van der Waals surface area contributed by atoms with Crippen molar-refractivity contribution in [2.24, 2.45) is 0 Å². The van der Waals surface area contributed by atoms with E-state index in [2.05, 4.69) is 22.0 Å². The number of nitrogens with zero attached hydrogens (tertiary/aromatic N) is 1. The predicted octanol–water partition coefficient (Wildman–Crippen LogP) is 4.01. The molecule has 0 aromatic heterocycles. The Kier molecular flexibility index (Phi) is 7.65. The van der Waals surface area contributed by atoms with Crippen LogP contribution in [0.15, 0.2) is 18.2 Å². The first kappa shape index (κ1) is 22.3. The summed E-state index contributed by atoms with van der Waals surface area (Å²) in [5.41, 5.74) is 0.345. The van der Waals surface area contributed by atoms with E-state index in [-0.39, 0.29) is 12.3 Å². The number of rotatable bonds is 7. The third-order valence-electron chi connectivity index (χ3n) is 3.43. The van der Waals surface area contributed by atoms with Crippen LogP contribution in [0, 0.1) is 11.3 Å². The van der Waals surface area contributed by atoms with E-state index in [9.17, 15) is 9.59 Å². The summed E-state index contributed by atoms with van der Waals surface area (Å²) in [5, 5.41) is 17.9. The van der Waals surface area contributed by atoms with E-state index in [4.69, 9.17) is 10.00 Å². The van der Waals surface area contributed by atoms with E-state index in [1.54, 1.807) is 52.8 Å². The maximum atomic E-state index is 12.5. The molecule has 0 unspecified atom stereocenters. The van der Waals surface area contributed by atoms with Gasteiger partial charge in [-0.25, -0.2) is 4.79 Å². The van der Waals surface area contributed by atoms with Gasteiger partial charge < -0.3 is 20.7 Å². The molecule has 3 N–H and O–H groups in total. The van der Waals surface area contributed by atoms with Crippen LogP contribution in [0.4, 0.5) is 16.2 Å². The predicted molar refractivity (Wildman–Crippen MR) is 107 cm³/mol. The monoisotopic (exact) mass is 374 g/mol. The van der Waals surface area contributed by atoms with Gasteiger partial charge in [0, 0.05) is 18.5 Å². The molecule has 0 spiro atoms. The third-order valence-corrected chi connectivity index (χ3v) is 3.43. The molecular formula is C20H30N4O3. The number of hydrogen-bond donors (Lipinski definition) is 3. The quantitative estimate of drug-likeness (QED) is 0.669. The van der Waals surface area contributed by atoms with Crippen molar-refractivity contribution >= 4 is 23.4 Å². The van der Waals surface area contributed by atoms with E-state index in [0.29, 0.717) is 11.3 Å². The molecule has 0 saturated carbocycles. The minimum Gasteiger partial charge on any atom is -0.444 e. The number of carbonyl (C=O) groups is 2. The maximum absolute atomic E-state index is 12.5. The number of ether oxygens (including phenoxy) is 1. The molecule has 0 radical (unpaired) electrons. The molecule has 0 aliphatic carbocycles. The van der Waals surface area contributed by atoms with E-state index < -0.39 is 17.2 Å². The summed E-state index contributed by atoms with van der Waals surface area (Å²) in [6.45, 7) is 11.6. The van der Waals surface area contributed by atoms with Crippen LogP contribution in [0.2, 0.25) is 0 Å². The summed E-state index contributed by atoms with van der Waals surface area (Å²) in [4.78, 5) is 24.5. The van der Waals surface area contributed by atoms with Crippen molar-refractivity contribution in [1.29, 1.82) is 5.26 Å². The fourth-order valence-electron chi connectivity index (χ4n) is 2.35. The Hall–Kier alpha value is -2.75. The number of anilines is 2. The maximum Gasteiger partial charge on any atom is 0.408 e. The van der Waals surface area contributed by atoms with Gasteiger partial charge in [0.15, 0.2) is 0 Å². The molecule has 2 amide bonds. The zero-order valence-electron chi connectivity index (χ0n) is 17.0. The highest BCUT2D eigenvalue weighted by molar-refractivity contribution is 5.95. The van der Waals surface area contributed by atoms with Crippen molar-refractivity contribution in [3.63, 3.8) is 0 Å². The molecular weight excluding hydrogens is 344 g/mol. The Morgan fingerprint density at radius 1 is 1.15 bits per heavy atom. The van der Waals surface area contributed by atoms with E-state index in [1.807, 2.05) is 6.92 Å². The van der Waals surface area contributed by atoms with Gasteiger partial charge in [-0.05, 0) is 59.2 Å². The topological polar surface area (TPSA) is 103 Å². The van der Waals surface area contributed by atoms with Gasteiger partial charge in [0.25, 0.3) is 0 Å². The molecule has 7 nitrogen and oxygen atoms in total. The van der Waals surface area contributed by atoms with Crippen molar-refractivity contribution in [1.82, 2.24) is 5.32 Å². The minimum atomic E-state index is -0.795. The number of carbonyl (C=O) groups excluding carboxylic acids is 2. The summed E-state index contributed by atoms with van der Waals surface area (Å²) in [5.74, 6) is -0.273. The summed E-state index contributed by atoms with van der Waals surface area (Å²) in [6.07, 6.45) is 0.410. The first-order valence-corrected chi connectivity index (χ1v) is 9.05. The largest absolute Gasteiger partial charge is 0.444 e. The second kappa shape index (κ2) is 9.26. The standard InChI is InChI=1S/C20H30N4O3/c1-7-10-22-15-9-8-14(13-21)11-16(15)23-17(25)12-20(5,6)24-18(26)27-19(2,3)4/h8-9,11,22H,7,10,12H2,1-6H3,(H,23,25)(H,24,26). The number of hydrogen-bond acceptors (Lipinski definition) is 5. The molecule has 0 heterocycles. The van der Waals surface area contributed by atoms with Crippen molar-refractivity contribution in [2.75, 3.05) is 17.2 Å². The molecule has 7 heteroatoms. The molecule has 0 aliphatic rings. The number of nitrogens with one attached hydrogen (secondary N) is 3. The van der Waals surface area contributed by atoms with Crippen molar-refractivity contribution in [3.8, 4) is 6.07 Å². The highest BCUT2D eigenvalue weighted by atomic mass is 16.6. The van der Waals surface area contributed by atoms with Gasteiger partial charge in [-0.15, -0.1) is 0 Å². The molecule has 0 atom stereocenters. The molecule has 0 bridgehead atoms. The summed E-state index contributed by atoms with van der Waals surface area (Å²) < 4.78 is 5.24. The smallest absolute Gasteiger partial charge is 0.408 e. The fraction of sp³-hybridized carbons (Fsp3) is 0.550. The Labute approximate surface area is 161 Å². The molecule has 1 rings (SSSR count). The van der Waals surface area contributed by atoms with Crippen LogP contribution in [0.25, 0.3) is 0 Å². The second-order valence-corrected chi connectivity index (χ2v) is 8.03. The third kappa shape index (κ3) is 8.45. The van der Waals surface area contributed by atoms with Crippen molar-refractivity contribution < 1.29 is 14.3 Å². The molecule has 1 aromatic carbocycles. The minimum absolute atomic E-state index is 0.0518. The Bertz CT molecular complexity index is 715. The van der Waals surface area contributed by atoms with Gasteiger partial charge in [-0.3, -0.25) is 4.79 Å². The fourth-order valence-corrected chi connectivity index (χ4v) is 2.35. The van der Waals surface area contributed by atoms with Gasteiger partial charge in [0.1, 0.15) is 5.60 Å². The van der Waals surface area contributed by atoms with E-state index >= 15 is 0 Å². The average Bonchev–Trinajstić information content (AvgIpc) is 2.50. The highest BCUT2D eigenvalue weighted by Crippen LogP contribution is 2.24. The average molecular weight is 374 g/mol. The first-order valence-electron chi connectivity index (χ1n) is 9.05. The Balaban J connectivity index is 2.80. The van der Waals surface area contributed by atoms with Gasteiger partial charge in [0.05, 0.1) is 23.0 Å². The Morgan fingerprint density at radius 2 is 1.81 bits per heavy atom. The van der Waals surface area contributed by atoms with Crippen LogP contribution in [-0.2, 0) is 9.53 Å². The highest BCUT2D eigenvalue weighted by Gasteiger charge is 2.27. The first-order chi connectivity index (χ1) is 12.5. The zero-order valence-corrected chi connectivity index (χ0v) is 17.0. The zero-order chi connectivity index (χ0) is 20.7. The number of benzene rings is 1. The summed E-state index contributed by atoms with van der Waals surface area (Å²) >= 11 is 0. The van der Waals surface area contributed by atoms with Crippen LogP contribution in [-0.4, -0.2) is 29.7 Å². The lowest BCUT2D eigenvalue weighted by Crippen LogP contribution is -2.47. The normalized spacial score (nSPS) is 11.3. The van der Waals surface area contributed by atoms with Crippen LogP contribution in [0.5, 0.6) is 0 Å². The van der Waals surface area contributed by atoms with Gasteiger partial charge in [-0.1, -0.05) is 6.92 Å². The van der Waals surface area contributed by atoms with Gasteiger partial charge in [0.2, 0.25) is 5.91 Å². The number of nitriles is 1. The van der Waals surface area contributed by atoms with Gasteiger partial charge >= 0.3 is 6.09 Å². The van der Waals surface area contributed by atoms with Crippen molar-refractivity contribution in [2.45, 2.75) is 65.5 Å². The van der Waals surface area contributed by atoms with Crippen LogP contribution in [0.1, 0.15) is 59.9 Å². The van der Waals surface area contributed by atoms with Gasteiger partial charge in [-0.2, -0.15) is 5.26 Å². The molecule has 0 fully saturated rings. The van der Waals surface area contributed by atoms with Crippen molar-refractivity contribution in [3.05, 3.63) is 23.8 Å².